The third-order valence-electron chi connectivity index (χ3n) is 1.41. The van der Waals surface area contributed by atoms with Crippen LogP contribution < -0.4 is 5.73 Å². The van der Waals surface area contributed by atoms with Gasteiger partial charge in [0, 0.05) is 12.0 Å². The van der Waals surface area contributed by atoms with Gasteiger partial charge in [0.15, 0.2) is 0 Å². The molecule has 0 saturated carbocycles. The van der Waals surface area contributed by atoms with Crippen molar-refractivity contribution < 1.29 is 14.3 Å². The molecule has 0 aromatic rings. The van der Waals surface area contributed by atoms with Crippen LogP contribution in [0.15, 0.2) is 0 Å². The highest BCUT2D eigenvalue weighted by Crippen LogP contribution is 2.11. The standard InChI is InChI=1S/C11H21NO3/c1-10(2,3)15-9(14)6-8(13)7-11(4,5)12/h6-7,12H2,1-5H3. The molecule has 0 aromatic carbocycles. The molecule has 0 fully saturated rings. The zero-order valence-corrected chi connectivity index (χ0v) is 10.2. The molecule has 15 heavy (non-hydrogen) atoms. The molecule has 2 N–H and O–H groups in total. The van der Waals surface area contributed by atoms with Crippen LogP contribution in [0.1, 0.15) is 47.5 Å². The van der Waals surface area contributed by atoms with Crippen LogP contribution >= 0.6 is 0 Å². The Bertz CT molecular complexity index is 220. The quantitative estimate of drug-likeness (QED) is 0.568. The maximum atomic E-state index is 11.4. The third-order valence-corrected chi connectivity index (χ3v) is 1.41. The summed E-state index contributed by atoms with van der Waals surface area (Å²) < 4.78 is 5.02. The Kier molecular flexibility index (Phi) is 4.46. The van der Waals surface area contributed by atoms with Crippen molar-refractivity contribution >= 4 is 11.8 Å². The summed E-state index contributed by atoms with van der Waals surface area (Å²) >= 11 is 0. The van der Waals surface area contributed by atoms with Gasteiger partial charge in [0.2, 0.25) is 0 Å². The summed E-state index contributed by atoms with van der Waals surface area (Å²) in [5.41, 5.74) is 4.55. The first kappa shape index (κ1) is 14.1. The molecule has 0 unspecified atom stereocenters. The first-order valence-corrected chi connectivity index (χ1v) is 5.02. The average molecular weight is 215 g/mol. The summed E-state index contributed by atoms with van der Waals surface area (Å²) in [5.74, 6) is -0.673. The summed E-state index contributed by atoms with van der Waals surface area (Å²) in [7, 11) is 0. The van der Waals surface area contributed by atoms with Gasteiger partial charge in [-0.1, -0.05) is 0 Å². The van der Waals surface area contributed by atoms with Gasteiger partial charge in [-0.25, -0.2) is 0 Å². The minimum atomic E-state index is -0.570. The van der Waals surface area contributed by atoms with E-state index in [4.69, 9.17) is 10.5 Å². The number of esters is 1. The van der Waals surface area contributed by atoms with Crippen molar-refractivity contribution in [2.75, 3.05) is 0 Å². The highest BCUT2D eigenvalue weighted by molar-refractivity contribution is 5.96. The molecule has 0 saturated heterocycles. The molecule has 0 aliphatic carbocycles. The van der Waals surface area contributed by atoms with Gasteiger partial charge in [0.25, 0.3) is 0 Å². The van der Waals surface area contributed by atoms with Crippen LogP contribution in [0.4, 0.5) is 0 Å². The minimum absolute atomic E-state index is 0.184. The Labute approximate surface area is 91.2 Å². The normalized spacial score (nSPS) is 12.4. The lowest BCUT2D eigenvalue weighted by Crippen LogP contribution is -2.35. The van der Waals surface area contributed by atoms with Crippen molar-refractivity contribution in [3.63, 3.8) is 0 Å². The van der Waals surface area contributed by atoms with Gasteiger partial charge >= 0.3 is 5.97 Å². The maximum absolute atomic E-state index is 11.4. The minimum Gasteiger partial charge on any atom is -0.460 e. The van der Waals surface area contributed by atoms with Crippen LogP contribution in [0, 0.1) is 0 Å². The number of hydrogen-bond acceptors (Lipinski definition) is 4. The summed E-state index contributed by atoms with van der Waals surface area (Å²) in [6.45, 7) is 8.80. The summed E-state index contributed by atoms with van der Waals surface area (Å²) in [6, 6.07) is 0. The van der Waals surface area contributed by atoms with Gasteiger partial charge in [-0.05, 0) is 34.6 Å². The average Bonchev–Trinajstić information content (AvgIpc) is 1.73. The number of ether oxygens (including phenoxy) is 1. The van der Waals surface area contributed by atoms with Gasteiger partial charge in [-0.15, -0.1) is 0 Å². The number of carbonyl (C=O) groups excluding carboxylic acids is 2. The molecule has 0 bridgehead atoms. The Morgan fingerprint density at radius 2 is 1.60 bits per heavy atom. The van der Waals surface area contributed by atoms with Gasteiger partial charge in [0.05, 0.1) is 0 Å². The molecule has 0 spiro atoms. The van der Waals surface area contributed by atoms with E-state index >= 15 is 0 Å². The molecule has 0 rings (SSSR count). The van der Waals surface area contributed by atoms with E-state index in [9.17, 15) is 9.59 Å². The molecule has 0 aromatic heterocycles. The molecular formula is C11H21NO3. The van der Waals surface area contributed by atoms with Gasteiger partial charge in [0.1, 0.15) is 17.8 Å². The second kappa shape index (κ2) is 4.75. The van der Waals surface area contributed by atoms with Crippen LogP contribution in [0.25, 0.3) is 0 Å². The van der Waals surface area contributed by atoms with Crippen LogP contribution in [0.5, 0.6) is 0 Å². The Balaban J connectivity index is 4.04. The lowest BCUT2D eigenvalue weighted by atomic mass is 9.98. The summed E-state index contributed by atoms with van der Waals surface area (Å²) in [4.78, 5) is 22.6. The van der Waals surface area contributed by atoms with Crippen LogP contribution in [-0.2, 0) is 14.3 Å². The molecule has 88 valence electrons. The second-order valence-corrected chi connectivity index (χ2v) is 5.47. The van der Waals surface area contributed by atoms with Crippen LogP contribution in [-0.4, -0.2) is 22.9 Å². The van der Waals surface area contributed by atoms with Gasteiger partial charge in [-0.3, -0.25) is 9.59 Å². The SMILES string of the molecule is CC(C)(N)CC(=O)CC(=O)OC(C)(C)C. The van der Waals surface area contributed by atoms with Crippen molar-refractivity contribution in [1.82, 2.24) is 0 Å². The van der Waals surface area contributed by atoms with E-state index in [1.165, 1.54) is 0 Å². The van der Waals surface area contributed by atoms with Gasteiger partial charge < -0.3 is 10.5 Å². The zero-order valence-electron chi connectivity index (χ0n) is 10.2. The molecule has 0 atom stereocenters. The largest absolute Gasteiger partial charge is 0.460 e. The van der Waals surface area contributed by atoms with E-state index in [1.807, 2.05) is 0 Å². The van der Waals surface area contributed by atoms with Crippen LogP contribution in [0.2, 0.25) is 0 Å². The van der Waals surface area contributed by atoms with Crippen molar-refractivity contribution in [1.29, 1.82) is 0 Å². The molecule has 0 aliphatic rings. The van der Waals surface area contributed by atoms with E-state index in [0.717, 1.165) is 0 Å². The zero-order chi connectivity index (χ0) is 12.3. The first-order valence-electron chi connectivity index (χ1n) is 5.02. The van der Waals surface area contributed by atoms with Crippen molar-refractivity contribution in [2.24, 2.45) is 5.73 Å². The number of nitrogens with two attached hydrogens (primary N) is 1. The Morgan fingerprint density at radius 3 is 1.93 bits per heavy atom. The maximum Gasteiger partial charge on any atom is 0.313 e. The third kappa shape index (κ3) is 9.41. The molecule has 0 aliphatic heterocycles. The number of hydrogen-bond donors (Lipinski definition) is 1. The Hall–Kier alpha value is -0.900. The van der Waals surface area contributed by atoms with Gasteiger partial charge in [-0.2, -0.15) is 0 Å². The van der Waals surface area contributed by atoms with E-state index in [0.29, 0.717) is 0 Å². The molecule has 0 radical (unpaired) electrons. The fraction of sp³-hybridized carbons (Fsp3) is 0.818. The van der Waals surface area contributed by atoms with E-state index in [-0.39, 0.29) is 18.6 Å². The summed E-state index contributed by atoms with van der Waals surface area (Å²) in [5, 5.41) is 0. The van der Waals surface area contributed by atoms with E-state index < -0.39 is 17.1 Å². The number of ketones is 1. The smallest absolute Gasteiger partial charge is 0.313 e. The Morgan fingerprint density at radius 1 is 1.13 bits per heavy atom. The number of Topliss-reactive ketones (excluding diaryl/α,β-unsaturated/α-hetero) is 1. The molecule has 4 nitrogen and oxygen atoms in total. The molecule has 0 amide bonds. The van der Waals surface area contributed by atoms with Crippen molar-refractivity contribution in [2.45, 2.75) is 58.6 Å². The van der Waals surface area contributed by atoms with Crippen molar-refractivity contribution in [3.8, 4) is 0 Å². The lowest BCUT2D eigenvalue weighted by molar-refractivity contribution is -0.156. The predicted octanol–water partition coefficient (Wildman–Crippen LogP) is 1.41. The van der Waals surface area contributed by atoms with Crippen molar-refractivity contribution in [3.05, 3.63) is 0 Å². The first-order chi connectivity index (χ1) is 6.49. The fourth-order valence-corrected chi connectivity index (χ4v) is 1.11. The number of rotatable bonds is 4. The molecule has 4 heteroatoms. The van der Waals surface area contributed by atoms with E-state index in [1.54, 1.807) is 34.6 Å². The lowest BCUT2D eigenvalue weighted by Gasteiger charge is -2.20. The molecular weight excluding hydrogens is 194 g/mol. The highest BCUT2D eigenvalue weighted by Gasteiger charge is 2.22. The second-order valence-electron chi connectivity index (χ2n) is 5.47. The number of carbonyl (C=O) groups is 2. The van der Waals surface area contributed by atoms with Crippen LogP contribution in [0.3, 0.4) is 0 Å². The summed E-state index contributed by atoms with van der Waals surface area (Å²) in [6.07, 6.45) is -0.00978. The predicted molar refractivity (Wildman–Crippen MR) is 58.4 cm³/mol. The van der Waals surface area contributed by atoms with E-state index in [2.05, 4.69) is 0 Å². The topological polar surface area (TPSA) is 69.4 Å². The molecule has 0 heterocycles. The fourth-order valence-electron chi connectivity index (χ4n) is 1.11. The highest BCUT2D eigenvalue weighted by atomic mass is 16.6. The monoisotopic (exact) mass is 215 g/mol.